The number of hydrogen-bond donors (Lipinski definition) is 2. The summed E-state index contributed by atoms with van der Waals surface area (Å²) in [5.74, 6) is 1.21. The fourth-order valence-electron chi connectivity index (χ4n) is 3.10. The molecule has 0 atom stereocenters. The van der Waals surface area contributed by atoms with Crippen LogP contribution < -0.4 is 20.3 Å². The Morgan fingerprint density at radius 2 is 1.97 bits per heavy atom. The molecule has 4 rings (SSSR count). The second kappa shape index (κ2) is 9.70. The van der Waals surface area contributed by atoms with Crippen LogP contribution in [0.15, 0.2) is 58.7 Å². The average molecular weight is 466 g/mol. The summed E-state index contributed by atoms with van der Waals surface area (Å²) in [6.45, 7) is 3.66. The number of carbonyl (C=O) groups excluding carboxylic acids is 1. The summed E-state index contributed by atoms with van der Waals surface area (Å²) in [6.07, 6.45) is 0. The van der Waals surface area contributed by atoms with E-state index in [1.807, 2.05) is 37.4 Å². The number of para-hydroxylation sites is 2. The summed E-state index contributed by atoms with van der Waals surface area (Å²) in [4.78, 5) is 33.1. The third kappa shape index (κ3) is 5.12. The van der Waals surface area contributed by atoms with Crippen molar-refractivity contribution in [3.05, 3.63) is 70.0 Å². The summed E-state index contributed by atoms with van der Waals surface area (Å²) in [5.41, 5.74) is 0.968. The molecule has 33 heavy (non-hydrogen) atoms. The van der Waals surface area contributed by atoms with Crippen molar-refractivity contribution >= 4 is 23.1 Å². The van der Waals surface area contributed by atoms with E-state index in [0.29, 0.717) is 28.7 Å². The van der Waals surface area contributed by atoms with Crippen LogP contribution >= 0.6 is 11.3 Å². The van der Waals surface area contributed by atoms with Crippen molar-refractivity contribution in [1.29, 1.82) is 0 Å². The van der Waals surface area contributed by atoms with Crippen molar-refractivity contribution < 1.29 is 14.3 Å². The summed E-state index contributed by atoms with van der Waals surface area (Å²) in [6, 6.07) is 14.1. The van der Waals surface area contributed by atoms with Gasteiger partial charge < -0.3 is 14.8 Å². The lowest BCUT2D eigenvalue weighted by Crippen LogP contribution is -2.23. The van der Waals surface area contributed by atoms with Gasteiger partial charge in [0.15, 0.2) is 18.1 Å². The van der Waals surface area contributed by atoms with Crippen LogP contribution in [0.4, 0.5) is 5.82 Å². The fourth-order valence-corrected chi connectivity index (χ4v) is 3.78. The number of nitrogens with zero attached hydrogens (tertiary/aromatic N) is 3. The van der Waals surface area contributed by atoms with E-state index in [1.54, 1.807) is 24.3 Å². The first-order chi connectivity index (χ1) is 15.9. The first-order valence-corrected chi connectivity index (χ1v) is 11.1. The molecule has 2 N–H and O–H groups in total. The molecule has 0 spiro atoms. The normalized spacial score (nSPS) is 10.9. The largest absolute Gasteiger partial charge is 0.493 e. The maximum atomic E-state index is 12.7. The van der Waals surface area contributed by atoms with Gasteiger partial charge in [0.05, 0.1) is 17.7 Å². The summed E-state index contributed by atoms with van der Waals surface area (Å²) < 4.78 is 12.3. The molecule has 10 heteroatoms. The SMILES string of the molecule is COc1ccccc1OCC(=O)Nc1cc(-c2cccs2)nn1-c1nc(C(C)C)cc(=O)[nH]1. The maximum absolute atomic E-state index is 12.7. The van der Waals surface area contributed by atoms with Crippen LogP contribution in [0.1, 0.15) is 25.5 Å². The maximum Gasteiger partial charge on any atom is 0.263 e. The third-order valence-corrected chi connectivity index (χ3v) is 5.61. The Morgan fingerprint density at radius 3 is 2.67 bits per heavy atom. The highest BCUT2D eigenvalue weighted by Gasteiger charge is 2.18. The number of methoxy groups -OCH3 is 1. The molecule has 3 aromatic heterocycles. The highest BCUT2D eigenvalue weighted by Crippen LogP contribution is 2.28. The van der Waals surface area contributed by atoms with Crippen LogP contribution in [0.5, 0.6) is 11.5 Å². The molecule has 0 aliphatic heterocycles. The molecule has 0 aliphatic rings. The predicted molar refractivity (Wildman–Crippen MR) is 127 cm³/mol. The molecule has 4 aromatic rings. The van der Waals surface area contributed by atoms with Crippen LogP contribution in [0.2, 0.25) is 0 Å². The van der Waals surface area contributed by atoms with Gasteiger partial charge in [-0.3, -0.25) is 14.6 Å². The molecule has 0 saturated carbocycles. The number of carbonyl (C=O) groups is 1. The number of H-pyrrole nitrogens is 1. The molecule has 0 fully saturated rings. The number of aromatic amines is 1. The lowest BCUT2D eigenvalue weighted by Gasteiger charge is -2.12. The quantitative estimate of drug-likeness (QED) is 0.409. The van der Waals surface area contributed by atoms with Crippen LogP contribution in [-0.4, -0.2) is 39.4 Å². The van der Waals surface area contributed by atoms with E-state index in [2.05, 4.69) is 20.4 Å². The number of amides is 1. The number of hydrogen-bond acceptors (Lipinski definition) is 7. The zero-order valence-corrected chi connectivity index (χ0v) is 19.2. The molecule has 0 unspecified atom stereocenters. The molecule has 0 saturated heterocycles. The smallest absolute Gasteiger partial charge is 0.263 e. The first kappa shape index (κ1) is 22.3. The van der Waals surface area contributed by atoms with Gasteiger partial charge in [-0.15, -0.1) is 11.3 Å². The fraction of sp³-hybridized carbons (Fsp3) is 0.217. The van der Waals surface area contributed by atoms with Crippen molar-refractivity contribution in [2.75, 3.05) is 19.0 Å². The van der Waals surface area contributed by atoms with Crippen molar-refractivity contribution in [2.24, 2.45) is 0 Å². The topological polar surface area (TPSA) is 111 Å². The summed E-state index contributed by atoms with van der Waals surface area (Å²) in [5, 5.41) is 9.33. The minimum atomic E-state index is -0.401. The van der Waals surface area contributed by atoms with Crippen LogP contribution in [0, 0.1) is 0 Å². The number of nitrogens with one attached hydrogen (secondary N) is 2. The molecule has 170 valence electrons. The van der Waals surface area contributed by atoms with Crippen LogP contribution in [0.3, 0.4) is 0 Å². The molecule has 1 aromatic carbocycles. The predicted octanol–water partition coefficient (Wildman–Crippen LogP) is 3.83. The van der Waals surface area contributed by atoms with E-state index in [0.717, 1.165) is 4.88 Å². The Hall–Kier alpha value is -3.92. The second-order valence-corrected chi connectivity index (χ2v) is 8.39. The zero-order valence-electron chi connectivity index (χ0n) is 18.4. The molecular weight excluding hydrogens is 442 g/mol. The third-order valence-electron chi connectivity index (χ3n) is 4.72. The summed E-state index contributed by atoms with van der Waals surface area (Å²) >= 11 is 1.52. The Morgan fingerprint density at radius 1 is 1.18 bits per heavy atom. The van der Waals surface area contributed by atoms with Crippen molar-refractivity contribution in [2.45, 2.75) is 19.8 Å². The van der Waals surface area contributed by atoms with Gasteiger partial charge in [0.1, 0.15) is 11.5 Å². The Labute approximate surface area is 194 Å². The van der Waals surface area contributed by atoms with Gasteiger partial charge in [-0.25, -0.2) is 4.98 Å². The lowest BCUT2D eigenvalue weighted by atomic mass is 10.1. The Balaban J connectivity index is 1.63. The van der Waals surface area contributed by atoms with E-state index in [-0.39, 0.29) is 24.0 Å². The van der Waals surface area contributed by atoms with Gasteiger partial charge in [0.25, 0.3) is 11.5 Å². The van der Waals surface area contributed by atoms with Gasteiger partial charge in [0, 0.05) is 12.1 Å². The Kier molecular flexibility index (Phi) is 6.55. The van der Waals surface area contributed by atoms with Gasteiger partial charge in [-0.2, -0.15) is 9.78 Å². The molecule has 1 amide bonds. The van der Waals surface area contributed by atoms with Crippen LogP contribution in [0.25, 0.3) is 16.5 Å². The monoisotopic (exact) mass is 465 g/mol. The second-order valence-electron chi connectivity index (χ2n) is 7.44. The average Bonchev–Trinajstić information content (AvgIpc) is 3.47. The number of ether oxygens (including phenoxy) is 2. The van der Waals surface area contributed by atoms with Crippen molar-refractivity contribution in [3.63, 3.8) is 0 Å². The van der Waals surface area contributed by atoms with Gasteiger partial charge in [0.2, 0.25) is 5.95 Å². The number of rotatable bonds is 8. The minimum absolute atomic E-state index is 0.0469. The van der Waals surface area contributed by atoms with Gasteiger partial charge in [-0.1, -0.05) is 32.0 Å². The molecule has 9 nitrogen and oxygen atoms in total. The number of aromatic nitrogens is 4. The zero-order chi connectivity index (χ0) is 23.4. The minimum Gasteiger partial charge on any atom is -0.493 e. The molecule has 0 radical (unpaired) electrons. The first-order valence-electron chi connectivity index (χ1n) is 10.3. The highest BCUT2D eigenvalue weighted by molar-refractivity contribution is 7.13. The van der Waals surface area contributed by atoms with Crippen molar-refractivity contribution in [1.82, 2.24) is 19.7 Å². The molecule has 0 aliphatic carbocycles. The van der Waals surface area contributed by atoms with E-state index >= 15 is 0 Å². The van der Waals surface area contributed by atoms with Gasteiger partial charge >= 0.3 is 0 Å². The Bertz CT molecular complexity index is 1310. The van der Waals surface area contributed by atoms with E-state index in [9.17, 15) is 9.59 Å². The van der Waals surface area contributed by atoms with E-state index < -0.39 is 5.91 Å². The number of benzene rings is 1. The van der Waals surface area contributed by atoms with Crippen molar-refractivity contribution in [3.8, 4) is 28.0 Å². The standard InChI is InChI=1S/C23H23N5O4S/c1-14(2)15-12-21(29)26-23(24-15)28-20(11-16(27-28)19-9-6-10-33-19)25-22(30)13-32-18-8-5-4-7-17(18)31-3/h4-12,14H,13H2,1-3H3,(H,25,30)(H,24,26,29). The molecule has 3 heterocycles. The molecule has 0 bridgehead atoms. The van der Waals surface area contributed by atoms with E-state index in [1.165, 1.54) is 29.2 Å². The van der Waals surface area contributed by atoms with Crippen LogP contribution in [-0.2, 0) is 4.79 Å². The summed E-state index contributed by atoms with van der Waals surface area (Å²) in [7, 11) is 1.53. The van der Waals surface area contributed by atoms with E-state index in [4.69, 9.17) is 9.47 Å². The highest BCUT2D eigenvalue weighted by atomic mass is 32.1. The lowest BCUT2D eigenvalue weighted by molar-refractivity contribution is -0.118. The number of anilines is 1. The number of thiophene rings is 1. The molecular formula is C23H23N5O4S. The van der Waals surface area contributed by atoms with Gasteiger partial charge in [-0.05, 0) is 29.5 Å².